The second-order valence-electron chi connectivity index (χ2n) is 8.37. The summed E-state index contributed by atoms with van der Waals surface area (Å²) in [7, 11) is 0. The Morgan fingerprint density at radius 2 is 1.71 bits per heavy atom. The van der Waals surface area contributed by atoms with Crippen LogP contribution in [-0.4, -0.2) is 22.8 Å². The first-order chi connectivity index (χ1) is 13.5. The summed E-state index contributed by atoms with van der Waals surface area (Å²) >= 11 is 0. The highest BCUT2D eigenvalue weighted by molar-refractivity contribution is 6.04. The van der Waals surface area contributed by atoms with Crippen molar-refractivity contribution in [3.8, 4) is 0 Å². The number of aryl methyl sites for hydroxylation is 1. The van der Waals surface area contributed by atoms with Gasteiger partial charge in [0, 0.05) is 18.2 Å². The number of hydrogen-bond acceptors (Lipinski definition) is 2. The fraction of sp³-hybridized carbons (Fsp3) is 0.417. The Balaban J connectivity index is 1.58. The number of fused-ring (bicyclic) bond motifs is 1. The Hall–Kier alpha value is -2.62. The average Bonchev–Trinajstić information content (AvgIpc) is 2.98. The fourth-order valence-electron chi connectivity index (χ4n) is 4.39. The Labute approximate surface area is 166 Å². The largest absolute Gasteiger partial charge is 0.351 e. The fourth-order valence-corrected chi connectivity index (χ4v) is 4.39. The molecule has 0 aromatic heterocycles. The first kappa shape index (κ1) is 18.7. The van der Waals surface area contributed by atoms with Gasteiger partial charge in [-0.25, -0.2) is 0 Å². The third kappa shape index (κ3) is 3.68. The van der Waals surface area contributed by atoms with E-state index in [2.05, 4.69) is 12.2 Å². The molecule has 0 spiro atoms. The van der Waals surface area contributed by atoms with Crippen molar-refractivity contribution in [3.63, 3.8) is 0 Å². The van der Waals surface area contributed by atoms with Crippen LogP contribution in [0, 0.1) is 12.8 Å². The van der Waals surface area contributed by atoms with Crippen LogP contribution in [0.5, 0.6) is 0 Å². The zero-order valence-electron chi connectivity index (χ0n) is 16.7. The maximum Gasteiger partial charge on any atom is 0.255 e. The van der Waals surface area contributed by atoms with E-state index in [1.807, 2.05) is 55.5 Å². The van der Waals surface area contributed by atoms with Gasteiger partial charge in [0.1, 0.15) is 6.04 Å². The van der Waals surface area contributed by atoms with Crippen molar-refractivity contribution in [1.82, 2.24) is 10.2 Å². The summed E-state index contributed by atoms with van der Waals surface area (Å²) in [6.07, 6.45) is 4.34. The van der Waals surface area contributed by atoms with Crippen molar-refractivity contribution in [2.75, 3.05) is 0 Å². The molecular formula is C24H28N2O2. The van der Waals surface area contributed by atoms with Crippen LogP contribution in [-0.2, 0) is 11.3 Å². The number of rotatable bonds is 4. The van der Waals surface area contributed by atoms with Gasteiger partial charge in [-0.15, -0.1) is 0 Å². The molecule has 1 heterocycles. The minimum atomic E-state index is -0.552. The molecule has 1 N–H and O–H groups in total. The van der Waals surface area contributed by atoms with Gasteiger partial charge in [-0.3, -0.25) is 9.59 Å². The molecule has 0 radical (unpaired) electrons. The van der Waals surface area contributed by atoms with Crippen LogP contribution < -0.4 is 5.32 Å². The third-order valence-corrected chi connectivity index (χ3v) is 6.14. The summed E-state index contributed by atoms with van der Waals surface area (Å²) in [5.74, 6) is 0.624. The molecule has 28 heavy (non-hydrogen) atoms. The lowest BCUT2D eigenvalue weighted by Gasteiger charge is -2.30. The molecule has 1 fully saturated rings. The minimum absolute atomic E-state index is 0.0510. The van der Waals surface area contributed by atoms with Crippen molar-refractivity contribution in [1.29, 1.82) is 0 Å². The van der Waals surface area contributed by atoms with E-state index in [-0.39, 0.29) is 17.9 Å². The van der Waals surface area contributed by atoms with E-state index in [0.717, 1.165) is 42.7 Å². The smallest absolute Gasteiger partial charge is 0.255 e. The van der Waals surface area contributed by atoms with Crippen molar-refractivity contribution in [2.45, 2.75) is 58.2 Å². The van der Waals surface area contributed by atoms with Crippen LogP contribution in [0.2, 0.25) is 0 Å². The number of nitrogens with zero attached hydrogens (tertiary/aromatic N) is 1. The maximum absolute atomic E-state index is 13.3. The van der Waals surface area contributed by atoms with Crippen molar-refractivity contribution in [3.05, 3.63) is 70.8 Å². The van der Waals surface area contributed by atoms with Crippen LogP contribution >= 0.6 is 0 Å². The highest BCUT2D eigenvalue weighted by Crippen LogP contribution is 2.35. The van der Waals surface area contributed by atoms with Gasteiger partial charge in [-0.05, 0) is 55.7 Å². The standard InChI is InChI=1S/C24H28N2O2/c1-16-7-11-18(12-8-16)15-26-22(20-5-3-4-6-21(20)24(26)28)23(27)25-19-13-9-17(2)10-14-19/h3-8,11-12,17,19,22H,9-10,13-15H2,1-2H3,(H,25,27). The number of carbonyl (C=O) groups excluding carboxylic acids is 2. The van der Waals surface area contributed by atoms with Gasteiger partial charge in [0.25, 0.3) is 5.91 Å². The van der Waals surface area contributed by atoms with E-state index >= 15 is 0 Å². The van der Waals surface area contributed by atoms with E-state index in [9.17, 15) is 9.59 Å². The molecule has 0 saturated heterocycles. The SMILES string of the molecule is Cc1ccc(CN2C(=O)c3ccccc3C2C(=O)NC2CCC(C)CC2)cc1. The van der Waals surface area contributed by atoms with E-state index < -0.39 is 6.04 Å². The predicted molar refractivity (Wildman–Crippen MR) is 110 cm³/mol. The second-order valence-corrected chi connectivity index (χ2v) is 8.37. The van der Waals surface area contributed by atoms with E-state index in [0.29, 0.717) is 12.1 Å². The molecule has 1 aliphatic heterocycles. The molecule has 2 aliphatic rings. The summed E-state index contributed by atoms with van der Waals surface area (Å²) in [4.78, 5) is 28.0. The molecule has 4 nitrogen and oxygen atoms in total. The quantitative estimate of drug-likeness (QED) is 0.860. The molecular weight excluding hydrogens is 348 g/mol. The predicted octanol–water partition coefficient (Wildman–Crippen LogP) is 4.39. The Morgan fingerprint density at radius 3 is 2.43 bits per heavy atom. The van der Waals surface area contributed by atoms with Crippen LogP contribution in [0.15, 0.2) is 48.5 Å². The molecule has 1 atom stereocenters. The second kappa shape index (κ2) is 7.78. The molecule has 1 aliphatic carbocycles. The van der Waals surface area contributed by atoms with Crippen molar-refractivity contribution in [2.24, 2.45) is 5.92 Å². The van der Waals surface area contributed by atoms with Gasteiger partial charge in [0.2, 0.25) is 5.91 Å². The molecule has 0 bridgehead atoms. The van der Waals surface area contributed by atoms with Crippen LogP contribution in [0.4, 0.5) is 0 Å². The zero-order chi connectivity index (χ0) is 19.7. The van der Waals surface area contributed by atoms with E-state index in [1.165, 1.54) is 5.56 Å². The van der Waals surface area contributed by atoms with Crippen molar-refractivity contribution < 1.29 is 9.59 Å². The Morgan fingerprint density at radius 1 is 1.04 bits per heavy atom. The first-order valence-corrected chi connectivity index (χ1v) is 10.3. The van der Waals surface area contributed by atoms with Gasteiger partial charge in [-0.1, -0.05) is 55.0 Å². The lowest BCUT2D eigenvalue weighted by molar-refractivity contribution is -0.126. The Kier molecular flexibility index (Phi) is 5.21. The van der Waals surface area contributed by atoms with Gasteiger partial charge >= 0.3 is 0 Å². The monoisotopic (exact) mass is 376 g/mol. The highest BCUT2D eigenvalue weighted by atomic mass is 16.2. The molecule has 2 amide bonds. The van der Waals surface area contributed by atoms with Crippen molar-refractivity contribution >= 4 is 11.8 Å². The van der Waals surface area contributed by atoms with E-state index in [1.54, 1.807) is 4.90 Å². The van der Waals surface area contributed by atoms with Crippen LogP contribution in [0.1, 0.15) is 65.7 Å². The van der Waals surface area contributed by atoms with Gasteiger partial charge in [0.05, 0.1) is 0 Å². The molecule has 1 saturated carbocycles. The normalized spacial score (nSPS) is 24.1. The minimum Gasteiger partial charge on any atom is -0.351 e. The number of amides is 2. The van der Waals surface area contributed by atoms with Crippen LogP contribution in [0.3, 0.4) is 0 Å². The first-order valence-electron chi connectivity index (χ1n) is 10.3. The molecule has 2 aromatic rings. The average molecular weight is 377 g/mol. The van der Waals surface area contributed by atoms with E-state index in [4.69, 9.17) is 0 Å². The number of nitrogens with one attached hydrogen (secondary N) is 1. The van der Waals surface area contributed by atoms with Gasteiger partial charge in [-0.2, -0.15) is 0 Å². The lowest BCUT2D eigenvalue weighted by Crippen LogP contribution is -2.44. The molecule has 4 heteroatoms. The molecule has 4 rings (SSSR count). The Bertz CT molecular complexity index is 866. The third-order valence-electron chi connectivity index (χ3n) is 6.14. The summed E-state index contributed by atoms with van der Waals surface area (Å²) in [5, 5.41) is 3.23. The molecule has 146 valence electrons. The number of hydrogen-bond donors (Lipinski definition) is 1. The highest BCUT2D eigenvalue weighted by Gasteiger charge is 2.41. The topological polar surface area (TPSA) is 49.4 Å². The maximum atomic E-state index is 13.3. The van der Waals surface area contributed by atoms with Crippen LogP contribution in [0.25, 0.3) is 0 Å². The van der Waals surface area contributed by atoms with Gasteiger partial charge < -0.3 is 10.2 Å². The summed E-state index contributed by atoms with van der Waals surface area (Å²) in [5.41, 5.74) is 3.69. The summed E-state index contributed by atoms with van der Waals surface area (Å²) in [6, 6.07) is 15.3. The lowest BCUT2D eigenvalue weighted by atomic mass is 9.87. The summed E-state index contributed by atoms with van der Waals surface area (Å²) in [6.45, 7) is 4.75. The molecule has 2 aromatic carbocycles. The zero-order valence-corrected chi connectivity index (χ0v) is 16.7. The number of carbonyl (C=O) groups is 2. The van der Waals surface area contributed by atoms with Gasteiger partial charge in [0.15, 0.2) is 0 Å². The number of benzene rings is 2. The summed E-state index contributed by atoms with van der Waals surface area (Å²) < 4.78 is 0. The molecule has 1 unspecified atom stereocenters.